The molecule has 0 aliphatic carbocycles. The van der Waals surface area contributed by atoms with E-state index in [-0.39, 0.29) is 5.78 Å². The molecule has 0 aliphatic heterocycles. The van der Waals surface area contributed by atoms with Crippen molar-refractivity contribution in [2.75, 3.05) is 14.2 Å². The van der Waals surface area contributed by atoms with E-state index in [4.69, 9.17) is 0 Å². The molecular formula is C8H20O2. The van der Waals surface area contributed by atoms with Crippen molar-refractivity contribution in [2.24, 2.45) is 0 Å². The normalized spacial score (nSPS) is 6.20. The highest BCUT2D eigenvalue weighted by molar-refractivity contribution is 5.72. The number of hydrogen-bond donors (Lipinski definition) is 0. The highest BCUT2D eigenvalue weighted by Crippen LogP contribution is 1.56. The second kappa shape index (κ2) is 23.4. The van der Waals surface area contributed by atoms with E-state index in [0.29, 0.717) is 0 Å². The molecule has 64 valence electrons. The molecule has 0 atom stereocenters. The molecule has 2 nitrogen and oxygen atoms in total. The van der Waals surface area contributed by atoms with Gasteiger partial charge in [-0.1, -0.05) is 20.3 Å². The highest BCUT2D eigenvalue weighted by atomic mass is 16.4. The van der Waals surface area contributed by atoms with Crippen molar-refractivity contribution in [3.8, 4) is 0 Å². The fourth-order valence-corrected chi connectivity index (χ4v) is 0. The average molecular weight is 148 g/mol. The van der Waals surface area contributed by atoms with Gasteiger partial charge in [-0.2, -0.15) is 0 Å². The summed E-state index contributed by atoms with van der Waals surface area (Å²) in [7, 11) is 3.25. The Morgan fingerprint density at radius 1 is 1.20 bits per heavy atom. The lowest BCUT2D eigenvalue weighted by molar-refractivity contribution is -0.114. The second-order valence-corrected chi connectivity index (χ2v) is 2.02. The number of methoxy groups -OCH3 is 1. The summed E-state index contributed by atoms with van der Waals surface area (Å²) in [6, 6.07) is 0. The van der Waals surface area contributed by atoms with Gasteiger partial charge < -0.3 is 9.53 Å². The largest absolute Gasteiger partial charge is 0.388 e. The van der Waals surface area contributed by atoms with E-state index in [1.54, 1.807) is 14.2 Å². The first-order chi connectivity index (χ1) is 4.56. The third-order valence-electron chi connectivity index (χ3n) is 0. The van der Waals surface area contributed by atoms with Crippen molar-refractivity contribution in [3.05, 3.63) is 0 Å². The number of Topliss-reactive ketones (excluding diaryl/α,β-unsaturated/α-hetero) is 1. The Morgan fingerprint density at radius 2 is 1.20 bits per heavy atom. The molecule has 0 bridgehead atoms. The fourth-order valence-electron chi connectivity index (χ4n) is 0. The van der Waals surface area contributed by atoms with Crippen LogP contribution in [0.1, 0.15) is 34.1 Å². The monoisotopic (exact) mass is 148 g/mol. The van der Waals surface area contributed by atoms with Gasteiger partial charge in [0.05, 0.1) is 0 Å². The molecule has 0 amide bonds. The van der Waals surface area contributed by atoms with Crippen molar-refractivity contribution in [1.29, 1.82) is 0 Å². The van der Waals surface area contributed by atoms with Gasteiger partial charge in [0.2, 0.25) is 0 Å². The highest BCUT2D eigenvalue weighted by Gasteiger charge is 1.62. The van der Waals surface area contributed by atoms with Crippen LogP contribution in [0.5, 0.6) is 0 Å². The minimum Gasteiger partial charge on any atom is -0.388 e. The van der Waals surface area contributed by atoms with Crippen molar-refractivity contribution in [3.63, 3.8) is 0 Å². The second-order valence-electron chi connectivity index (χ2n) is 2.02. The quantitative estimate of drug-likeness (QED) is 0.526. The Balaban J connectivity index is -0.0000000750. The maximum Gasteiger partial charge on any atom is 0.126 e. The van der Waals surface area contributed by atoms with Gasteiger partial charge in [0.15, 0.2) is 0 Å². The van der Waals surface area contributed by atoms with Gasteiger partial charge in [0, 0.05) is 14.2 Å². The molecule has 2 heteroatoms. The smallest absolute Gasteiger partial charge is 0.126 e. The molecule has 0 saturated carbocycles. The van der Waals surface area contributed by atoms with Crippen molar-refractivity contribution < 1.29 is 9.53 Å². The Labute approximate surface area is 64.6 Å². The van der Waals surface area contributed by atoms with Crippen molar-refractivity contribution in [1.82, 2.24) is 0 Å². The van der Waals surface area contributed by atoms with Gasteiger partial charge in [-0.15, -0.1) is 0 Å². The van der Waals surface area contributed by atoms with Crippen LogP contribution in [-0.4, -0.2) is 20.0 Å². The summed E-state index contributed by atoms with van der Waals surface area (Å²) >= 11 is 0. The number of hydrogen-bond acceptors (Lipinski definition) is 2. The topological polar surface area (TPSA) is 26.3 Å². The summed E-state index contributed by atoms with van der Waals surface area (Å²) in [4.78, 5) is 9.44. The zero-order chi connectivity index (χ0) is 8.99. The number of ether oxygens (including phenoxy) is 1. The molecule has 0 radical (unpaired) electrons. The van der Waals surface area contributed by atoms with Crippen LogP contribution in [0.2, 0.25) is 0 Å². The predicted octanol–water partition coefficient (Wildman–Crippen LogP) is 2.27. The van der Waals surface area contributed by atoms with Gasteiger partial charge in [-0.25, -0.2) is 0 Å². The molecule has 0 heterocycles. The Hall–Kier alpha value is -0.370. The lowest BCUT2D eigenvalue weighted by Gasteiger charge is -1.61. The van der Waals surface area contributed by atoms with Gasteiger partial charge in [0.1, 0.15) is 5.78 Å². The number of ketones is 1. The van der Waals surface area contributed by atoms with Crippen molar-refractivity contribution >= 4 is 5.78 Å². The van der Waals surface area contributed by atoms with Crippen LogP contribution in [0.3, 0.4) is 0 Å². The first-order valence-corrected chi connectivity index (χ1v) is 3.43. The summed E-state index contributed by atoms with van der Waals surface area (Å²) in [5, 5.41) is 0. The van der Waals surface area contributed by atoms with E-state index in [1.807, 2.05) is 0 Å². The Bertz CT molecular complexity index is 45.2. The Kier molecular flexibility index (Phi) is 38.2. The average Bonchev–Trinajstić information content (AvgIpc) is 1.65. The summed E-state index contributed by atoms with van der Waals surface area (Å²) < 4.78 is 4.25. The molecule has 0 rings (SSSR count). The van der Waals surface area contributed by atoms with E-state index in [0.717, 1.165) is 0 Å². The molecule has 0 spiro atoms. The van der Waals surface area contributed by atoms with E-state index in [1.165, 1.54) is 20.3 Å². The molecule has 10 heavy (non-hydrogen) atoms. The predicted molar refractivity (Wildman–Crippen MR) is 45.3 cm³/mol. The number of carbonyl (C=O) groups is 1. The van der Waals surface area contributed by atoms with Crippen molar-refractivity contribution in [2.45, 2.75) is 34.1 Å². The van der Waals surface area contributed by atoms with E-state index < -0.39 is 0 Å². The molecule has 0 aliphatic rings. The summed E-state index contributed by atoms with van der Waals surface area (Å²) in [5.74, 6) is 0.167. The molecule has 0 aromatic rings. The van der Waals surface area contributed by atoms with Gasteiger partial charge in [-0.3, -0.25) is 0 Å². The molecule has 0 fully saturated rings. The first kappa shape index (κ1) is 16.3. The zero-order valence-electron chi connectivity index (χ0n) is 8.02. The third kappa shape index (κ3) is 2450. The van der Waals surface area contributed by atoms with Crippen LogP contribution >= 0.6 is 0 Å². The van der Waals surface area contributed by atoms with Crippen LogP contribution in [0.15, 0.2) is 0 Å². The standard InChI is InChI=1S/C3H6O.C3H8.C2H6O/c1-3(2)4;2*1-3-2/h1-2H3;3H2,1-2H3;1-2H3. The van der Waals surface area contributed by atoms with E-state index >= 15 is 0 Å². The van der Waals surface area contributed by atoms with Gasteiger partial charge >= 0.3 is 0 Å². The number of carbonyl (C=O) groups excluding carboxylic acids is 1. The van der Waals surface area contributed by atoms with Gasteiger partial charge in [-0.05, 0) is 13.8 Å². The molecule has 0 saturated heterocycles. The lowest BCUT2D eigenvalue weighted by atomic mass is 10.6. The van der Waals surface area contributed by atoms with Crippen LogP contribution in [0.25, 0.3) is 0 Å². The summed E-state index contributed by atoms with van der Waals surface area (Å²) in [6.45, 7) is 7.31. The SMILES string of the molecule is CC(C)=O.CCC.COC. The third-order valence-corrected chi connectivity index (χ3v) is 0. The molecule has 0 N–H and O–H groups in total. The van der Waals surface area contributed by atoms with E-state index in [9.17, 15) is 4.79 Å². The number of rotatable bonds is 0. The lowest BCUT2D eigenvalue weighted by Crippen LogP contribution is -1.69. The minimum absolute atomic E-state index is 0.167. The summed E-state index contributed by atoms with van der Waals surface area (Å²) in [6.07, 6.45) is 1.25. The van der Waals surface area contributed by atoms with Crippen LogP contribution < -0.4 is 0 Å². The first-order valence-electron chi connectivity index (χ1n) is 3.43. The van der Waals surface area contributed by atoms with Crippen LogP contribution in [0, 0.1) is 0 Å². The van der Waals surface area contributed by atoms with Gasteiger partial charge in [0.25, 0.3) is 0 Å². The molecule has 0 unspecified atom stereocenters. The summed E-state index contributed by atoms with van der Waals surface area (Å²) in [5.41, 5.74) is 0. The van der Waals surface area contributed by atoms with E-state index in [2.05, 4.69) is 18.6 Å². The fraction of sp³-hybridized carbons (Fsp3) is 0.875. The molecule has 0 aromatic heterocycles. The van der Waals surface area contributed by atoms with Crippen LogP contribution in [0.4, 0.5) is 0 Å². The maximum absolute atomic E-state index is 9.44. The minimum atomic E-state index is 0.167. The van der Waals surface area contributed by atoms with Crippen LogP contribution in [-0.2, 0) is 9.53 Å². The maximum atomic E-state index is 9.44. The Morgan fingerprint density at radius 3 is 1.20 bits per heavy atom. The molecular weight excluding hydrogens is 128 g/mol. The zero-order valence-corrected chi connectivity index (χ0v) is 8.02. The molecule has 0 aromatic carbocycles.